The number of hydrogen-bond donors (Lipinski definition) is 2. The van der Waals surface area contributed by atoms with Gasteiger partial charge in [-0.15, -0.1) is 0 Å². The molecule has 2 unspecified atom stereocenters. The molecule has 2 heterocycles. The Morgan fingerprint density at radius 3 is 2.22 bits per heavy atom. The van der Waals surface area contributed by atoms with Crippen LogP contribution in [-0.2, 0) is 0 Å². The predicted molar refractivity (Wildman–Crippen MR) is 35.9 cm³/mol. The molecule has 2 saturated heterocycles. The molecule has 0 radical (unpaired) electrons. The Kier molecular flexibility index (Phi) is 1.24. The minimum Gasteiger partial charge on any atom is -0.355 e. The maximum Gasteiger partial charge on any atom is 0.0873 e. The van der Waals surface area contributed by atoms with Crippen molar-refractivity contribution in [2.75, 3.05) is 0 Å². The van der Waals surface area contributed by atoms with Gasteiger partial charge in [-0.05, 0) is 12.8 Å². The summed E-state index contributed by atoms with van der Waals surface area (Å²) in [4.78, 5) is 0. The zero-order chi connectivity index (χ0) is 6.27. The highest BCUT2D eigenvalue weighted by atomic mass is 15.0. The summed E-state index contributed by atoms with van der Waals surface area (Å²) in [6.07, 6.45) is 5.43. The average Bonchev–Trinajstić information content (AvgIpc) is 2.11. The van der Waals surface area contributed by atoms with Crippen molar-refractivity contribution in [3.05, 3.63) is 0 Å². The molecule has 52 valence electrons. The Morgan fingerprint density at radius 2 is 1.67 bits per heavy atom. The van der Waals surface area contributed by atoms with Crippen LogP contribution in [0.1, 0.15) is 25.7 Å². The molecule has 0 aromatic carbocycles. The Balaban J connectivity index is 2.03. The smallest absolute Gasteiger partial charge is 0.0873 e. The first-order chi connectivity index (χ1) is 4.34. The summed E-state index contributed by atoms with van der Waals surface area (Å²) < 4.78 is 0. The van der Waals surface area contributed by atoms with E-state index in [-0.39, 0.29) is 0 Å². The van der Waals surface area contributed by atoms with Gasteiger partial charge in [-0.25, -0.2) is 0 Å². The van der Waals surface area contributed by atoms with Crippen molar-refractivity contribution in [3.63, 3.8) is 0 Å². The lowest BCUT2D eigenvalue weighted by Crippen LogP contribution is -2.65. The first kappa shape index (κ1) is 5.69. The Labute approximate surface area is 55.8 Å². The summed E-state index contributed by atoms with van der Waals surface area (Å²) in [6, 6.07) is 2.39. The summed E-state index contributed by atoms with van der Waals surface area (Å²) in [7, 11) is 0. The maximum atomic E-state index is 4.10. The second kappa shape index (κ2) is 1.96. The third-order valence-electron chi connectivity index (χ3n) is 2.57. The van der Waals surface area contributed by atoms with Crippen LogP contribution in [0.4, 0.5) is 0 Å². The van der Waals surface area contributed by atoms with Gasteiger partial charge >= 0.3 is 0 Å². The molecule has 2 nitrogen and oxygen atoms in total. The summed E-state index contributed by atoms with van der Waals surface area (Å²) >= 11 is 0. The van der Waals surface area contributed by atoms with Crippen LogP contribution in [0.25, 0.3) is 0 Å². The number of rotatable bonds is 0. The van der Waals surface area contributed by atoms with Gasteiger partial charge in [0.15, 0.2) is 0 Å². The molecular formula is C7H15N2+. The van der Waals surface area contributed by atoms with Gasteiger partial charge in [-0.1, -0.05) is 0 Å². The normalized spacial score (nSPS) is 49.7. The monoisotopic (exact) mass is 127 g/mol. The van der Waals surface area contributed by atoms with E-state index in [0.29, 0.717) is 0 Å². The van der Waals surface area contributed by atoms with Crippen LogP contribution in [0.3, 0.4) is 0 Å². The second-order valence-corrected chi connectivity index (χ2v) is 3.48. The van der Waals surface area contributed by atoms with Crippen molar-refractivity contribution in [2.24, 2.45) is 0 Å². The molecule has 0 aromatic heterocycles. The van der Waals surface area contributed by atoms with Crippen LogP contribution < -0.4 is 11.1 Å². The number of piperidine rings is 1. The molecule has 2 heteroatoms. The van der Waals surface area contributed by atoms with Gasteiger partial charge in [-0.3, -0.25) is 0 Å². The summed E-state index contributed by atoms with van der Waals surface area (Å²) in [5.41, 5.74) is 4.10. The van der Waals surface area contributed by atoms with Gasteiger partial charge in [0.1, 0.15) is 0 Å². The van der Waals surface area contributed by atoms with E-state index < -0.39 is 0 Å². The van der Waals surface area contributed by atoms with Crippen molar-refractivity contribution in [1.29, 1.82) is 0 Å². The first-order valence-electron chi connectivity index (χ1n) is 3.94. The molecule has 0 saturated carbocycles. The van der Waals surface area contributed by atoms with Crippen LogP contribution >= 0.6 is 0 Å². The van der Waals surface area contributed by atoms with Gasteiger partial charge < -0.3 is 11.1 Å². The fourth-order valence-electron chi connectivity index (χ4n) is 2.18. The molecule has 2 aliphatic rings. The van der Waals surface area contributed by atoms with Crippen molar-refractivity contribution >= 4 is 0 Å². The minimum absolute atomic E-state index is 0.740. The molecule has 4 N–H and O–H groups in total. The van der Waals surface area contributed by atoms with E-state index >= 15 is 0 Å². The number of fused-ring (bicyclic) bond motifs is 2. The van der Waals surface area contributed by atoms with Gasteiger partial charge in [0.25, 0.3) is 0 Å². The Hall–Kier alpha value is -0.0800. The molecule has 0 amide bonds. The van der Waals surface area contributed by atoms with Crippen LogP contribution in [-0.4, -0.2) is 18.1 Å². The molecule has 2 bridgehead atoms. The SMILES string of the molecule is [NH3+]C1CC2CCC(C1)N2. The van der Waals surface area contributed by atoms with E-state index in [0.717, 1.165) is 18.1 Å². The molecule has 0 spiro atoms. The topological polar surface area (TPSA) is 39.7 Å². The second-order valence-electron chi connectivity index (χ2n) is 3.48. The summed E-state index contributed by atoms with van der Waals surface area (Å²) in [5.74, 6) is 0. The van der Waals surface area contributed by atoms with Gasteiger partial charge in [0.2, 0.25) is 0 Å². The maximum absolute atomic E-state index is 4.10. The zero-order valence-corrected chi connectivity index (χ0v) is 5.77. The van der Waals surface area contributed by atoms with Gasteiger partial charge in [0, 0.05) is 24.9 Å². The van der Waals surface area contributed by atoms with Crippen LogP contribution in [0, 0.1) is 0 Å². The third kappa shape index (κ3) is 0.970. The van der Waals surface area contributed by atoms with Crippen molar-refractivity contribution in [2.45, 2.75) is 43.8 Å². The Bertz CT molecular complexity index is 101. The van der Waals surface area contributed by atoms with E-state index in [2.05, 4.69) is 11.1 Å². The van der Waals surface area contributed by atoms with E-state index in [9.17, 15) is 0 Å². The van der Waals surface area contributed by atoms with E-state index in [1.165, 1.54) is 25.7 Å². The third-order valence-corrected chi connectivity index (χ3v) is 2.57. The fourth-order valence-corrected chi connectivity index (χ4v) is 2.18. The van der Waals surface area contributed by atoms with Crippen LogP contribution in [0.2, 0.25) is 0 Å². The highest BCUT2D eigenvalue weighted by Gasteiger charge is 2.33. The molecule has 0 aliphatic carbocycles. The van der Waals surface area contributed by atoms with Crippen molar-refractivity contribution < 1.29 is 5.73 Å². The molecule has 2 atom stereocenters. The molecule has 2 aliphatic heterocycles. The molecule has 2 fully saturated rings. The summed E-state index contributed by atoms with van der Waals surface area (Å²) in [5, 5.41) is 3.58. The van der Waals surface area contributed by atoms with Gasteiger partial charge in [0.05, 0.1) is 6.04 Å². The van der Waals surface area contributed by atoms with Crippen molar-refractivity contribution in [1.82, 2.24) is 5.32 Å². The number of quaternary nitrogens is 1. The average molecular weight is 127 g/mol. The minimum atomic E-state index is 0.740. The van der Waals surface area contributed by atoms with Gasteiger partial charge in [-0.2, -0.15) is 0 Å². The largest absolute Gasteiger partial charge is 0.355 e. The number of hydrogen-bond acceptors (Lipinski definition) is 1. The molecular weight excluding hydrogens is 112 g/mol. The van der Waals surface area contributed by atoms with E-state index in [1.54, 1.807) is 0 Å². The lowest BCUT2D eigenvalue weighted by Gasteiger charge is -2.23. The predicted octanol–water partition coefficient (Wildman–Crippen LogP) is -0.489. The molecule has 0 aromatic rings. The quantitative estimate of drug-likeness (QED) is 0.453. The standard InChI is InChI=1S/C7H14N2/c8-5-3-6-1-2-7(4-5)9-6/h5-7,9H,1-4,8H2/p+1. The zero-order valence-electron chi connectivity index (χ0n) is 5.77. The first-order valence-corrected chi connectivity index (χ1v) is 3.94. The van der Waals surface area contributed by atoms with E-state index in [4.69, 9.17) is 0 Å². The summed E-state index contributed by atoms with van der Waals surface area (Å²) in [6.45, 7) is 0. The lowest BCUT2D eigenvalue weighted by atomic mass is 10.0. The van der Waals surface area contributed by atoms with Crippen LogP contribution in [0.15, 0.2) is 0 Å². The molecule has 9 heavy (non-hydrogen) atoms. The molecule has 2 rings (SSSR count). The highest BCUT2D eigenvalue weighted by molar-refractivity contribution is 4.91. The van der Waals surface area contributed by atoms with Crippen LogP contribution in [0.5, 0.6) is 0 Å². The highest BCUT2D eigenvalue weighted by Crippen LogP contribution is 2.24. The number of nitrogens with one attached hydrogen (secondary N) is 1. The Morgan fingerprint density at radius 1 is 1.11 bits per heavy atom. The fraction of sp³-hybridized carbons (Fsp3) is 1.00. The van der Waals surface area contributed by atoms with E-state index in [1.807, 2.05) is 0 Å². The van der Waals surface area contributed by atoms with Crippen molar-refractivity contribution in [3.8, 4) is 0 Å². The lowest BCUT2D eigenvalue weighted by molar-refractivity contribution is -0.426.